The van der Waals surface area contributed by atoms with Crippen LogP contribution in [0.15, 0.2) is 22.7 Å². The van der Waals surface area contributed by atoms with E-state index in [-0.39, 0.29) is 0 Å². The monoisotopic (exact) mass is 335 g/mol. The van der Waals surface area contributed by atoms with Crippen LogP contribution >= 0.6 is 15.9 Å². The number of anilines is 1. The second-order valence-corrected chi connectivity index (χ2v) is 6.18. The third-order valence-electron chi connectivity index (χ3n) is 3.75. The SMILES string of the molecule is Cc1ccc(Br)cc1-c1nc(N2CCC(N)CC2)n[nH]1. The van der Waals surface area contributed by atoms with Crippen LogP contribution in [-0.4, -0.2) is 34.3 Å². The highest BCUT2D eigenvalue weighted by molar-refractivity contribution is 9.10. The lowest BCUT2D eigenvalue weighted by Gasteiger charge is -2.28. The summed E-state index contributed by atoms with van der Waals surface area (Å²) < 4.78 is 1.04. The molecule has 0 radical (unpaired) electrons. The number of nitrogens with zero attached hydrogens (tertiary/aromatic N) is 3. The standard InChI is InChI=1S/C14H18BrN5/c1-9-2-3-10(15)8-12(9)13-17-14(19-18-13)20-6-4-11(16)5-7-20/h2-3,8,11H,4-7,16H2,1H3,(H,17,18,19). The van der Waals surface area contributed by atoms with Crippen LogP contribution in [0.2, 0.25) is 0 Å². The average Bonchev–Trinajstić information content (AvgIpc) is 2.92. The zero-order valence-electron chi connectivity index (χ0n) is 11.4. The number of hydrogen-bond acceptors (Lipinski definition) is 4. The molecular formula is C14H18BrN5. The molecule has 1 aliphatic rings. The number of rotatable bonds is 2. The number of aromatic nitrogens is 3. The first-order chi connectivity index (χ1) is 9.63. The van der Waals surface area contributed by atoms with E-state index in [2.05, 4.69) is 55.1 Å². The van der Waals surface area contributed by atoms with Gasteiger partial charge in [0, 0.05) is 29.2 Å². The van der Waals surface area contributed by atoms with Gasteiger partial charge in [-0.2, -0.15) is 4.98 Å². The fourth-order valence-corrected chi connectivity index (χ4v) is 2.82. The molecule has 0 atom stereocenters. The van der Waals surface area contributed by atoms with Crippen molar-refractivity contribution in [2.75, 3.05) is 18.0 Å². The van der Waals surface area contributed by atoms with Crippen molar-refractivity contribution in [2.24, 2.45) is 5.73 Å². The van der Waals surface area contributed by atoms with E-state index in [4.69, 9.17) is 5.73 Å². The maximum Gasteiger partial charge on any atom is 0.245 e. The van der Waals surface area contributed by atoms with Crippen LogP contribution in [-0.2, 0) is 0 Å². The molecule has 3 rings (SSSR count). The van der Waals surface area contributed by atoms with Gasteiger partial charge in [0.15, 0.2) is 5.82 Å². The van der Waals surface area contributed by atoms with E-state index in [0.717, 1.165) is 47.7 Å². The van der Waals surface area contributed by atoms with Crippen molar-refractivity contribution in [3.8, 4) is 11.4 Å². The largest absolute Gasteiger partial charge is 0.339 e. The maximum atomic E-state index is 5.93. The summed E-state index contributed by atoms with van der Waals surface area (Å²) in [7, 11) is 0. The molecule has 1 fully saturated rings. The van der Waals surface area contributed by atoms with E-state index in [1.54, 1.807) is 0 Å². The molecule has 2 aromatic rings. The number of aryl methyl sites for hydroxylation is 1. The van der Waals surface area contributed by atoms with E-state index in [1.165, 1.54) is 5.56 Å². The third-order valence-corrected chi connectivity index (χ3v) is 4.24. The minimum atomic E-state index is 0.317. The zero-order chi connectivity index (χ0) is 14.1. The topological polar surface area (TPSA) is 70.8 Å². The van der Waals surface area contributed by atoms with Gasteiger partial charge < -0.3 is 10.6 Å². The Bertz CT molecular complexity index is 601. The summed E-state index contributed by atoms with van der Waals surface area (Å²) in [6, 6.07) is 6.48. The first-order valence-electron chi connectivity index (χ1n) is 6.83. The molecule has 1 aromatic heterocycles. The highest BCUT2D eigenvalue weighted by Gasteiger charge is 2.20. The Kier molecular flexibility index (Phi) is 3.76. The van der Waals surface area contributed by atoms with E-state index < -0.39 is 0 Å². The number of nitrogens with one attached hydrogen (secondary N) is 1. The Hall–Kier alpha value is -1.40. The lowest BCUT2D eigenvalue weighted by atomic mass is 10.1. The van der Waals surface area contributed by atoms with Crippen molar-refractivity contribution >= 4 is 21.9 Å². The van der Waals surface area contributed by atoms with E-state index in [9.17, 15) is 0 Å². The molecule has 0 saturated carbocycles. The molecule has 5 nitrogen and oxygen atoms in total. The summed E-state index contributed by atoms with van der Waals surface area (Å²) in [6.45, 7) is 3.93. The maximum absolute atomic E-state index is 5.93. The second-order valence-electron chi connectivity index (χ2n) is 5.27. The summed E-state index contributed by atoms with van der Waals surface area (Å²) >= 11 is 3.50. The van der Waals surface area contributed by atoms with Gasteiger partial charge in [0.25, 0.3) is 0 Å². The van der Waals surface area contributed by atoms with E-state index in [0.29, 0.717) is 6.04 Å². The van der Waals surface area contributed by atoms with Crippen molar-refractivity contribution in [1.29, 1.82) is 0 Å². The predicted molar refractivity (Wildman–Crippen MR) is 83.7 cm³/mol. The number of hydrogen-bond donors (Lipinski definition) is 2. The Morgan fingerprint density at radius 1 is 1.35 bits per heavy atom. The summed E-state index contributed by atoms with van der Waals surface area (Å²) in [5, 5.41) is 7.39. The molecule has 3 N–H and O–H groups in total. The van der Waals surface area contributed by atoms with Gasteiger partial charge in [0.2, 0.25) is 5.95 Å². The quantitative estimate of drug-likeness (QED) is 0.884. The van der Waals surface area contributed by atoms with Gasteiger partial charge in [0.05, 0.1) is 0 Å². The van der Waals surface area contributed by atoms with Crippen molar-refractivity contribution in [3.05, 3.63) is 28.2 Å². The van der Waals surface area contributed by atoms with Crippen LogP contribution in [0.1, 0.15) is 18.4 Å². The number of H-pyrrole nitrogens is 1. The van der Waals surface area contributed by atoms with Crippen molar-refractivity contribution in [1.82, 2.24) is 15.2 Å². The molecule has 6 heteroatoms. The first kappa shape index (κ1) is 13.6. The lowest BCUT2D eigenvalue weighted by molar-refractivity contribution is 0.496. The van der Waals surface area contributed by atoms with Gasteiger partial charge in [-0.3, -0.25) is 5.10 Å². The molecule has 0 aliphatic carbocycles. The van der Waals surface area contributed by atoms with Crippen LogP contribution in [0.5, 0.6) is 0 Å². The fourth-order valence-electron chi connectivity index (χ4n) is 2.46. The van der Waals surface area contributed by atoms with Gasteiger partial charge in [-0.1, -0.05) is 22.0 Å². The van der Waals surface area contributed by atoms with Crippen LogP contribution < -0.4 is 10.6 Å². The van der Waals surface area contributed by atoms with Gasteiger partial charge >= 0.3 is 0 Å². The van der Waals surface area contributed by atoms with Crippen LogP contribution in [0, 0.1) is 6.92 Å². The fraction of sp³-hybridized carbons (Fsp3) is 0.429. The van der Waals surface area contributed by atoms with Gasteiger partial charge in [0.1, 0.15) is 0 Å². The molecule has 20 heavy (non-hydrogen) atoms. The Morgan fingerprint density at radius 3 is 2.85 bits per heavy atom. The number of piperidine rings is 1. The number of benzene rings is 1. The second kappa shape index (κ2) is 5.54. The number of nitrogens with two attached hydrogens (primary N) is 1. The summed E-state index contributed by atoms with van der Waals surface area (Å²) in [5.74, 6) is 1.58. The Balaban J connectivity index is 1.85. The third kappa shape index (κ3) is 2.71. The molecule has 0 bridgehead atoms. The van der Waals surface area contributed by atoms with Gasteiger partial charge in [-0.15, -0.1) is 5.10 Å². The zero-order valence-corrected chi connectivity index (χ0v) is 13.0. The molecule has 2 heterocycles. The molecule has 1 aliphatic heterocycles. The summed E-state index contributed by atoms with van der Waals surface area (Å²) in [4.78, 5) is 6.82. The molecule has 0 spiro atoms. The molecule has 106 valence electrons. The van der Waals surface area contributed by atoms with Crippen LogP contribution in [0.3, 0.4) is 0 Å². The molecule has 1 aromatic carbocycles. The summed E-state index contributed by atoms with van der Waals surface area (Å²) in [6.07, 6.45) is 2.00. The molecule has 0 unspecified atom stereocenters. The Labute approximate surface area is 126 Å². The lowest BCUT2D eigenvalue weighted by Crippen LogP contribution is -2.40. The minimum Gasteiger partial charge on any atom is -0.339 e. The summed E-state index contributed by atoms with van der Waals surface area (Å²) in [5.41, 5.74) is 8.18. The van der Waals surface area contributed by atoms with Gasteiger partial charge in [-0.05, 0) is 37.5 Å². The van der Waals surface area contributed by atoms with Gasteiger partial charge in [-0.25, -0.2) is 0 Å². The minimum absolute atomic E-state index is 0.317. The average molecular weight is 336 g/mol. The molecular weight excluding hydrogens is 318 g/mol. The number of aromatic amines is 1. The molecule has 1 saturated heterocycles. The van der Waals surface area contributed by atoms with Crippen LogP contribution in [0.4, 0.5) is 5.95 Å². The molecule has 0 amide bonds. The highest BCUT2D eigenvalue weighted by Crippen LogP contribution is 2.25. The van der Waals surface area contributed by atoms with Crippen molar-refractivity contribution in [2.45, 2.75) is 25.8 Å². The van der Waals surface area contributed by atoms with Crippen molar-refractivity contribution in [3.63, 3.8) is 0 Å². The smallest absolute Gasteiger partial charge is 0.245 e. The number of halogens is 1. The van der Waals surface area contributed by atoms with E-state index >= 15 is 0 Å². The first-order valence-corrected chi connectivity index (χ1v) is 7.62. The highest BCUT2D eigenvalue weighted by atomic mass is 79.9. The predicted octanol–water partition coefficient (Wildman–Crippen LogP) is 2.47. The van der Waals surface area contributed by atoms with Crippen LogP contribution in [0.25, 0.3) is 11.4 Å². The Morgan fingerprint density at radius 2 is 2.10 bits per heavy atom. The van der Waals surface area contributed by atoms with E-state index in [1.807, 2.05) is 6.07 Å². The normalized spacial score (nSPS) is 16.6. The van der Waals surface area contributed by atoms with Crippen molar-refractivity contribution < 1.29 is 0 Å².